The Labute approximate surface area is 689 Å². The lowest BCUT2D eigenvalue weighted by atomic mass is 9.85. The second kappa shape index (κ2) is 30.7. The summed E-state index contributed by atoms with van der Waals surface area (Å²) in [5.41, 5.74) is 21.3. The first-order valence-electron chi connectivity index (χ1n) is 41.3. The van der Waals surface area contributed by atoms with Gasteiger partial charge in [-0.05, 0) is 270 Å². The van der Waals surface area contributed by atoms with Gasteiger partial charge < -0.3 is 0 Å². The van der Waals surface area contributed by atoms with Crippen LogP contribution in [0.15, 0.2) is 413 Å². The summed E-state index contributed by atoms with van der Waals surface area (Å²) in [6.07, 6.45) is 0. The molecule has 558 valence electrons. The van der Waals surface area contributed by atoms with Crippen LogP contribution in [0.25, 0.3) is 206 Å². The normalized spacial score (nSPS) is 11.5. The summed E-state index contributed by atoms with van der Waals surface area (Å²) in [6.45, 7) is 13.1. The van der Waals surface area contributed by atoms with Crippen LogP contribution in [0, 0.1) is 41.5 Å². The maximum absolute atomic E-state index is 2.33. The lowest BCUT2D eigenvalue weighted by Gasteiger charge is -2.18. The minimum absolute atomic E-state index is 1.27. The second-order valence-electron chi connectivity index (χ2n) is 31.9. The van der Waals surface area contributed by atoms with Crippen molar-refractivity contribution >= 4 is 151 Å². The fourth-order valence-corrected chi connectivity index (χ4v) is 19.2. The van der Waals surface area contributed by atoms with Crippen molar-refractivity contribution in [3.63, 3.8) is 0 Å². The van der Waals surface area contributed by atoms with Gasteiger partial charge in [-0.1, -0.05) is 424 Å². The maximum Gasteiger partial charge on any atom is -0.00237 e. The zero-order valence-corrected chi connectivity index (χ0v) is 67.3. The fourth-order valence-electron chi connectivity index (χ4n) is 19.2. The molecule has 0 bridgehead atoms. The summed E-state index contributed by atoms with van der Waals surface area (Å²) in [5.74, 6) is 0. The number of fused-ring (bicyclic) bond motifs is 13. The number of hydrogen-bond donors (Lipinski definition) is 0. The molecule has 0 heterocycles. The lowest BCUT2D eigenvalue weighted by molar-refractivity contribution is 1.51. The Hall–Kier alpha value is -14.6. The molecule has 0 heteroatoms. The molecule has 0 aliphatic heterocycles. The van der Waals surface area contributed by atoms with E-state index in [9.17, 15) is 0 Å². The van der Waals surface area contributed by atoms with Gasteiger partial charge in [0.05, 0.1) is 0 Å². The minimum Gasteiger partial charge on any atom is -0.0622 e. The first kappa shape index (κ1) is 72.4. The maximum atomic E-state index is 2.33. The molecule has 24 aromatic rings. The molecule has 0 saturated heterocycles. The zero-order chi connectivity index (χ0) is 79.5. The minimum atomic E-state index is 1.27. The van der Waals surface area contributed by atoms with E-state index in [2.05, 4.69) is 454 Å². The average Bonchev–Trinajstić information content (AvgIpc) is 1.73. The summed E-state index contributed by atoms with van der Waals surface area (Å²) in [7, 11) is 0. The summed E-state index contributed by atoms with van der Waals surface area (Å²) < 4.78 is 0. The van der Waals surface area contributed by atoms with Gasteiger partial charge in [-0.3, -0.25) is 0 Å². The number of aryl methyl sites for hydroxylation is 6. The van der Waals surface area contributed by atoms with E-state index in [0.29, 0.717) is 0 Å². The molecular weight excluding hydrogens is 1420 g/mol. The first-order chi connectivity index (χ1) is 58.1. The summed E-state index contributed by atoms with van der Waals surface area (Å²) >= 11 is 0. The summed E-state index contributed by atoms with van der Waals surface area (Å²) in [6, 6.07) is 149. The van der Waals surface area contributed by atoms with Gasteiger partial charge in [0.15, 0.2) is 0 Å². The molecule has 0 amide bonds. The van der Waals surface area contributed by atoms with Gasteiger partial charge in [-0.25, -0.2) is 0 Å². The highest BCUT2D eigenvalue weighted by atomic mass is 14.3. The zero-order valence-electron chi connectivity index (χ0n) is 67.3. The van der Waals surface area contributed by atoms with Crippen molar-refractivity contribution in [2.75, 3.05) is 0 Å². The molecule has 118 heavy (non-hydrogen) atoms. The van der Waals surface area contributed by atoms with Crippen LogP contribution in [-0.2, 0) is 0 Å². The number of benzene rings is 24. The Kier molecular flexibility index (Phi) is 18.8. The molecular formula is C118H86. The van der Waals surface area contributed by atoms with E-state index in [1.165, 1.54) is 240 Å². The molecule has 0 radical (unpaired) electrons. The highest BCUT2D eigenvalue weighted by Crippen LogP contribution is 2.49. The van der Waals surface area contributed by atoms with Gasteiger partial charge in [0, 0.05) is 0 Å². The van der Waals surface area contributed by atoms with Crippen molar-refractivity contribution in [1.82, 2.24) is 0 Å². The first-order valence-corrected chi connectivity index (χ1v) is 41.3. The third kappa shape index (κ3) is 12.9. The SMILES string of the molecule is Cc1c2ccccc2c(-c2ccccc2)c2ccccc12.Cc1cc2ccc3cccc4ccc(c1)c2c34.Cc1ccc2c(-c3ccccc3)c3ccccc3c(-c3ccccc3)c2c1.Cc1ccc2c3c(cccc13)-c1ccccc1-2.Cc1ccc2c3ccccc3c3ccccc3c2c1.Cc1ccc2ccc3cccc4ccc1c2c34. The Morgan fingerprint density at radius 1 is 0.136 bits per heavy atom. The molecule has 0 saturated carbocycles. The van der Waals surface area contributed by atoms with Crippen LogP contribution in [-0.4, -0.2) is 0 Å². The van der Waals surface area contributed by atoms with Gasteiger partial charge in [0.2, 0.25) is 0 Å². The van der Waals surface area contributed by atoms with Gasteiger partial charge in [0.1, 0.15) is 0 Å². The van der Waals surface area contributed by atoms with E-state index in [1.807, 2.05) is 0 Å². The average molecular weight is 1500 g/mol. The van der Waals surface area contributed by atoms with Crippen molar-refractivity contribution in [1.29, 1.82) is 0 Å². The van der Waals surface area contributed by atoms with Gasteiger partial charge in [-0.15, -0.1) is 0 Å². The van der Waals surface area contributed by atoms with Gasteiger partial charge in [-0.2, -0.15) is 0 Å². The van der Waals surface area contributed by atoms with Crippen LogP contribution in [0.4, 0.5) is 0 Å². The van der Waals surface area contributed by atoms with Crippen LogP contribution in [0.2, 0.25) is 0 Å². The van der Waals surface area contributed by atoms with Crippen molar-refractivity contribution < 1.29 is 0 Å². The summed E-state index contributed by atoms with van der Waals surface area (Å²) in [5, 5.41) is 37.9. The van der Waals surface area contributed by atoms with Gasteiger partial charge in [0.25, 0.3) is 0 Å². The monoisotopic (exact) mass is 1500 g/mol. The number of hydrogen-bond acceptors (Lipinski definition) is 0. The van der Waals surface area contributed by atoms with Crippen molar-refractivity contribution in [3.8, 4) is 55.6 Å². The molecule has 24 aromatic carbocycles. The fraction of sp³-hybridized carbons (Fsp3) is 0.0508. The van der Waals surface area contributed by atoms with Crippen LogP contribution in [0.5, 0.6) is 0 Å². The highest BCUT2D eigenvalue weighted by Gasteiger charge is 2.22. The van der Waals surface area contributed by atoms with Crippen LogP contribution < -0.4 is 0 Å². The van der Waals surface area contributed by atoms with E-state index < -0.39 is 0 Å². The Balaban J connectivity index is 0.0000000916. The molecule has 1 aliphatic rings. The highest BCUT2D eigenvalue weighted by molar-refractivity contribution is 6.28. The molecule has 0 spiro atoms. The molecule has 25 rings (SSSR count). The molecule has 0 atom stereocenters. The quantitative estimate of drug-likeness (QED) is 0.122. The third-order valence-electron chi connectivity index (χ3n) is 24.6. The van der Waals surface area contributed by atoms with E-state index in [1.54, 1.807) is 0 Å². The third-order valence-corrected chi connectivity index (χ3v) is 24.6. The Bertz CT molecular complexity index is 7760. The molecule has 0 N–H and O–H groups in total. The van der Waals surface area contributed by atoms with E-state index in [4.69, 9.17) is 0 Å². The molecule has 0 unspecified atom stereocenters. The largest absolute Gasteiger partial charge is 0.0622 e. The Morgan fingerprint density at radius 3 is 0.898 bits per heavy atom. The van der Waals surface area contributed by atoms with Crippen LogP contribution in [0.3, 0.4) is 0 Å². The summed E-state index contributed by atoms with van der Waals surface area (Å²) in [4.78, 5) is 0. The Morgan fingerprint density at radius 2 is 0.415 bits per heavy atom. The van der Waals surface area contributed by atoms with Gasteiger partial charge >= 0.3 is 0 Å². The lowest BCUT2D eigenvalue weighted by Crippen LogP contribution is -1.91. The van der Waals surface area contributed by atoms with Crippen molar-refractivity contribution in [2.45, 2.75) is 41.5 Å². The molecule has 1 aliphatic carbocycles. The van der Waals surface area contributed by atoms with Crippen molar-refractivity contribution in [2.24, 2.45) is 0 Å². The number of rotatable bonds is 3. The molecule has 0 fully saturated rings. The molecule has 0 nitrogen and oxygen atoms in total. The predicted octanol–water partition coefficient (Wildman–Crippen LogP) is 33.6. The van der Waals surface area contributed by atoms with E-state index in [0.717, 1.165) is 0 Å². The topological polar surface area (TPSA) is 0 Å². The van der Waals surface area contributed by atoms with Crippen LogP contribution in [0.1, 0.15) is 33.4 Å². The van der Waals surface area contributed by atoms with E-state index >= 15 is 0 Å². The predicted molar refractivity (Wildman–Crippen MR) is 515 cm³/mol. The molecule has 0 aromatic heterocycles. The van der Waals surface area contributed by atoms with Crippen molar-refractivity contribution in [3.05, 3.63) is 446 Å². The van der Waals surface area contributed by atoms with Crippen LogP contribution >= 0.6 is 0 Å². The second-order valence-corrected chi connectivity index (χ2v) is 31.9. The smallest absolute Gasteiger partial charge is 0.00237 e. The van der Waals surface area contributed by atoms with E-state index in [-0.39, 0.29) is 0 Å². The standard InChI is InChI=1S/C27H20.C21H16.C19H14.3C17H12/c1-19-16-17-24-25(18-19)27(21-12-6-3-7-13-21)23-15-9-8-14-22(23)26(24)20-10-4-2-5-11-20;1-15-17-11-5-7-13-19(17)21(16-9-3-2-4-10-16)20-14-8-6-12-18(15)20;1-13-10-11-18-16-8-3-2-6-14(16)15-7-4-5-9-17(15)19(18)12-13;1-11-9-10-16-14-6-3-2-5-13(14)15-8-4-7-12(11)17(15)16;1-11-9-14-7-5-12-3-2-4-13-6-8-15(10-11)17(14)16(12)13;1-11-5-6-14-8-7-12-3-2-4-13-9-10-15(11)17(14)16(12)13/h2-18H,1H3;2-14H,1H3;2-12H,1H3;3*2-10H,1H3.